The third-order valence-electron chi connectivity index (χ3n) is 2.88. The number of rotatable bonds is 3. The van der Waals surface area contributed by atoms with Gasteiger partial charge >= 0.3 is 0 Å². The molecule has 0 aliphatic rings. The largest absolute Gasteiger partial charge is 0.342 e. The van der Waals surface area contributed by atoms with Crippen molar-refractivity contribution in [2.24, 2.45) is 5.73 Å². The molecular weight excluding hydrogens is 324 g/mol. The van der Waals surface area contributed by atoms with Gasteiger partial charge in [0, 0.05) is 12.0 Å². The van der Waals surface area contributed by atoms with Gasteiger partial charge < -0.3 is 10.7 Å². The zero-order valence-electron chi connectivity index (χ0n) is 10.4. The van der Waals surface area contributed by atoms with Gasteiger partial charge in [-0.2, -0.15) is 0 Å². The van der Waals surface area contributed by atoms with E-state index in [1.54, 1.807) is 11.3 Å². The Morgan fingerprint density at radius 3 is 3.00 bits per heavy atom. The van der Waals surface area contributed by atoms with Crippen LogP contribution in [0.3, 0.4) is 0 Å². The van der Waals surface area contributed by atoms with Crippen molar-refractivity contribution in [3.63, 3.8) is 0 Å². The van der Waals surface area contributed by atoms with Crippen LogP contribution in [0.15, 0.2) is 22.0 Å². The van der Waals surface area contributed by atoms with E-state index < -0.39 is 0 Å². The number of nitrogens with one attached hydrogen (secondary N) is 1. The third kappa shape index (κ3) is 2.43. The molecule has 2 heterocycles. The summed E-state index contributed by atoms with van der Waals surface area (Å²) in [7, 11) is 0. The summed E-state index contributed by atoms with van der Waals surface area (Å²) in [5, 5.41) is 1.00. The topological polar surface area (TPSA) is 67.6 Å². The van der Waals surface area contributed by atoms with Gasteiger partial charge in [-0.05, 0) is 47.6 Å². The fourth-order valence-electron chi connectivity index (χ4n) is 2.02. The van der Waals surface area contributed by atoms with Crippen LogP contribution in [-0.4, -0.2) is 21.5 Å². The fraction of sp³-hybridized carbons (Fsp3) is 0.231. The normalized spacial score (nSPS) is 11.3. The van der Waals surface area contributed by atoms with E-state index in [2.05, 4.69) is 43.0 Å². The van der Waals surface area contributed by atoms with Crippen LogP contribution in [0.2, 0.25) is 0 Å². The average molecular weight is 337 g/mol. The van der Waals surface area contributed by atoms with Crippen molar-refractivity contribution in [3.05, 3.63) is 33.5 Å². The first kappa shape index (κ1) is 12.8. The van der Waals surface area contributed by atoms with Gasteiger partial charge in [-0.1, -0.05) is 0 Å². The smallest absolute Gasteiger partial charge is 0.124 e. The molecule has 6 heteroatoms. The quantitative estimate of drug-likeness (QED) is 0.771. The standard InChI is InChI=1S/C13H13BrN4S/c1-7-16-9-3-2-8(6-11(9)17-7)13-18-10(4-5-15)12(14)19-13/h2-3,6H,4-5,15H2,1H3,(H,16,17). The molecule has 0 aliphatic heterocycles. The van der Waals surface area contributed by atoms with Crippen LogP contribution in [0.1, 0.15) is 11.5 Å². The maximum atomic E-state index is 5.59. The zero-order valence-corrected chi connectivity index (χ0v) is 12.8. The molecule has 19 heavy (non-hydrogen) atoms. The molecule has 4 nitrogen and oxygen atoms in total. The molecule has 3 aromatic rings. The Morgan fingerprint density at radius 1 is 1.37 bits per heavy atom. The Kier molecular flexibility index (Phi) is 3.38. The summed E-state index contributed by atoms with van der Waals surface area (Å²) in [5.41, 5.74) is 9.75. The number of hydrogen-bond acceptors (Lipinski definition) is 4. The van der Waals surface area contributed by atoms with Gasteiger partial charge in [0.25, 0.3) is 0 Å². The zero-order chi connectivity index (χ0) is 13.4. The molecule has 0 spiro atoms. The van der Waals surface area contributed by atoms with Crippen LogP contribution in [-0.2, 0) is 6.42 Å². The summed E-state index contributed by atoms with van der Waals surface area (Å²) in [6, 6.07) is 6.17. The molecule has 0 bridgehead atoms. The first-order chi connectivity index (χ1) is 9.17. The number of thiazole rings is 1. The van der Waals surface area contributed by atoms with Gasteiger partial charge in [-0.3, -0.25) is 0 Å². The van der Waals surface area contributed by atoms with E-state index in [1.807, 2.05) is 13.0 Å². The van der Waals surface area contributed by atoms with Gasteiger partial charge in [0.2, 0.25) is 0 Å². The van der Waals surface area contributed by atoms with E-state index in [0.717, 1.165) is 43.3 Å². The maximum absolute atomic E-state index is 5.59. The Labute approximate surface area is 123 Å². The molecule has 0 atom stereocenters. The molecule has 0 fully saturated rings. The number of aromatic nitrogens is 3. The molecule has 0 saturated carbocycles. The van der Waals surface area contributed by atoms with Crippen LogP contribution in [0.4, 0.5) is 0 Å². The SMILES string of the molecule is Cc1nc2ccc(-c3nc(CCN)c(Br)s3)cc2[nH]1. The molecule has 3 rings (SSSR count). The summed E-state index contributed by atoms with van der Waals surface area (Å²) < 4.78 is 1.06. The molecule has 3 N–H and O–H groups in total. The molecule has 0 radical (unpaired) electrons. The number of fused-ring (bicyclic) bond motifs is 1. The van der Waals surface area contributed by atoms with E-state index in [1.165, 1.54) is 0 Å². The predicted molar refractivity (Wildman–Crippen MR) is 82.4 cm³/mol. The molecule has 0 aliphatic carbocycles. The van der Waals surface area contributed by atoms with Gasteiger partial charge in [0.15, 0.2) is 0 Å². The highest BCUT2D eigenvalue weighted by molar-refractivity contribution is 9.11. The number of aromatic amines is 1. The Hall–Kier alpha value is -1.24. The van der Waals surface area contributed by atoms with Crippen molar-refractivity contribution in [1.82, 2.24) is 15.0 Å². The van der Waals surface area contributed by atoms with Crippen molar-refractivity contribution < 1.29 is 0 Å². The molecular formula is C13H13BrN4S. The Bertz CT molecular complexity index is 731. The first-order valence-corrected chi connectivity index (χ1v) is 7.60. The van der Waals surface area contributed by atoms with Gasteiger partial charge in [0.1, 0.15) is 10.8 Å². The van der Waals surface area contributed by atoms with Crippen LogP contribution >= 0.6 is 27.3 Å². The second-order valence-corrected chi connectivity index (χ2v) is 6.65. The van der Waals surface area contributed by atoms with Crippen molar-refractivity contribution in [2.45, 2.75) is 13.3 Å². The van der Waals surface area contributed by atoms with Crippen LogP contribution in [0, 0.1) is 6.92 Å². The van der Waals surface area contributed by atoms with Crippen molar-refractivity contribution in [2.75, 3.05) is 6.54 Å². The average Bonchev–Trinajstić information content (AvgIpc) is 2.91. The predicted octanol–water partition coefficient (Wildman–Crippen LogP) is 3.26. The van der Waals surface area contributed by atoms with Crippen LogP contribution in [0.5, 0.6) is 0 Å². The number of halogens is 1. The minimum Gasteiger partial charge on any atom is -0.342 e. The number of H-pyrrole nitrogens is 1. The molecule has 1 aromatic carbocycles. The van der Waals surface area contributed by atoms with Gasteiger partial charge in [-0.15, -0.1) is 11.3 Å². The first-order valence-electron chi connectivity index (χ1n) is 5.99. The fourth-order valence-corrected chi connectivity index (χ4v) is 3.60. The number of benzene rings is 1. The lowest BCUT2D eigenvalue weighted by atomic mass is 10.2. The summed E-state index contributed by atoms with van der Waals surface area (Å²) >= 11 is 5.19. The van der Waals surface area contributed by atoms with E-state index in [4.69, 9.17) is 5.73 Å². The minimum atomic E-state index is 0.612. The van der Waals surface area contributed by atoms with Crippen molar-refractivity contribution in [1.29, 1.82) is 0 Å². The van der Waals surface area contributed by atoms with Crippen LogP contribution in [0.25, 0.3) is 21.6 Å². The van der Waals surface area contributed by atoms with E-state index in [0.29, 0.717) is 6.54 Å². The van der Waals surface area contributed by atoms with Crippen molar-refractivity contribution in [3.8, 4) is 10.6 Å². The highest BCUT2D eigenvalue weighted by Gasteiger charge is 2.11. The lowest BCUT2D eigenvalue weighted by molar-refractivity contribution is 0.932. The van der Waals surface area contributed by atoms with E-state index in [9.17, 15) is 0 Å². The lowest BCUT2D eigenvalue weighted by Gasteiger charge is -1.96. The van der Waals surface area contributed by atoms with Gasteiger partial charge in [-0.25, -0.2) is 9.97 Å². The highest BCUT2D eigenvalue weighted by atomic mass is 79.9. The number of aryl methyl sites for hydroxylation is 1. The molecule has 0 unspecified atom stereocenters. The van der Waals surface area contributed by atoms with E-state index >= 15 is 0 Å². The molecule has 0 amide bonds. The summed E-state index contributed by atoms with van der Waals surface area (Å²) in [6.07, 6.45) is 0.794. The number of nitrogens with two attached hydrogens (primary N) is 1. The Balaban J connectivity index is 2.05. The minimum absolute atomic E-state index is 0.612. The van der Waals surface area contributed by atoms with Crippen molar-refractivity contribution >= 4 is 38.3 Å². The highest BCUT2D eigenvalue weighted by Crippen LogP contribution is 2.33. The lowest BCUT2D eigenvalue weighted by Crippen LogP contribution is -2.03. The van der Waals surface area contributed by atoms with Crippen LogP contribution < -0.4 is 5.73 Å². The maximum Gasteiger partial charge on any atom is 0.124 e. The third-order valence-corrected chi connectivity index (χ3v) is 4.76. The molecule has 98 valence electrons. The summed E-state index contributed by atoms with van der Waals surface area (Å²) in [4.78, 5) is 12.3. The number of imidazole rings is 1. The second-order valence-electron chi connectivity index (χ2n) is 4.33. The molecule has 2 aromatic heterocycles. The number of hydrogen-bond donors (Lipinski definition) is 2. The van der Waals surface area contributed by atoms with Gasteiger partial charge in [0.05, 0.1) is 20.5 Å². The summed E-state index contributed by atoms with van der Waals surface area (Å²) in [5.74, 6) is 0.927. The summed E-state index contributed by atoms with van der Waals surface area (Å²) in [6.45, 7) is 2.57. The molecule has 0 saturated heterocycles. The number of nitrogens with zero attached hydrogens (tertiary/aromatic N) is 2. The second kappa shape index (κ2) is 5.03. The van der Waals surface area contributed by atoms with E-state index in [-0.39, 0.29) is 0 Å². The monoisotopic (exact) mass is 336 g/mol. The Morgan fingerprint density at radius 2 is 2.21 bits per heavy atom.